The summed E-state index contributed by atoms with van der Waals surface area (Å²) in [5.74, 6) is -0.552. The minimum atomic E-state index is -4.16. The minimum absolute atomic E-state index is 0.228. The summed E-state index contributed by atoms with van der Waals surface area (Å²) in [6.07, 6.45) is 3.21. The van der Waals surface area contributed by atoms with Crippen molar-refractivity contribution in [3.63, 3.8) is 0 Å². The fraction of sp³-hybridized carbons (Fsp3) is 0.889. The first-order valence-electron chi connectivity index (χ1n) is 4.94. The van der Waals surface area contributed by atoms with Crippen LogP contribution in [0.5, 0.6) is 0 Å². The molecule has 0 saturated carbocycles. The molecule has 0 aliphatic carbocycles. The van der Waals surface area contributed by atoms with Crippen molar-refractivity contribution in [1.29, 1.82) is 0 Å². The number of unbranched alkanes of at least 4 members (excludes halogenated alkanes) is 2. The lowest BCUT2D eigenvalue weighted by Crippen LogP contribution is -2.15. The van der Waals surface area contributed by atoms with Crippen LogP contribution in [0.1, 0.15) is 39.5 Å². The molecular weight excluding hydrogens is 203 g/mol. The van der Waals surface area contributed by atoms with Gasteiger partial charge >= 0.3 is 7.60 Å². The van der Waals surface area contributed by atoms with Crippen molar-refractivity contribution in [3.05, 3.63) is 0 Å². The first-order valence-corrected chi connectivity index (χ1v) is 6.74. The molecule has 0 aliphatic heterocycles. The van der Waals surface area contributed by atoms with Crippen LogP contribution in [0, 0.1) is 5.92 Å². The summed E-state index contributed by atoms with van der Waals surface area (Å²) in [6, 6.07) is 0. The number of carbonyl (C=O) groups excluding carboxylic acids is 1. The fourth-order valence-corrected chi connectivity index (χ4v) is 1.94. The van der Waals surface area contributed by atoms with Gasteiger partial charge in [0.05, 0.1) is 0 Å². The molecule has 0 saturated heterocycles. The van der Waals surface area contributed by atoms with Gasteiger partial charge in [0.15, 0.2) is 0 Å². The Kier molecular flexibility index (Phi) is 6.25. The third-order valence-corrected chi connectivity index (χ3v) is 2.88. The van der Waals surface area contributed by atoms with Crippen LogP contribution >= 0.6 is 7.60 Å². The summed E-state index contributed by atoms with van der Waals surface area (Å²) >= 11 is 0. The number of carbonyl (C=O) groups is 1. The molecule has 14 heavy (non-hydrogen) atoms. The number of hydrogen-bond donors (Lipinski definition) is 2. The number of hydrogen-bond acceptors (Lipinski definition) is 2. The second kappa shape index (κ2) is 6.33. The Morgan fingerprint density at radius 3 is 2.36 bits per heavy atom. The maximum absolute atomic E-state index is 11.3. The normalized spacial score (nSPS) is 14.0. The molecule has 0 spiro atoms. The molecule has 0 radical (unpaired) electrons. The Morgan fingerprint density at radius 2 is 1.93 bits per heavy atom. The Hall–Kier alpha value is -0.180. The van der Waals surface area contributed by atoms with E-state index in [2.05, 4.69) is 6.92 Å². The average molecular weight is 222 g/mol. The van der Waals surface area contributed by atoms with Crippen LogP contribution in [0.25, 0.3) is 0 Å². The molecule has 0 aromatic rings. The van der Waals surface area contributed by atoms with Crippen molar-refractivity contribution >= 4 is 13.4 Å². The summed E-state index contributed by atoms with van der Waals surface area (Å²) in [5, 5.41) is 0. The van der Waals surface area contributed by atoms with E-state index in [4.69, 9.17) is 9.79 Å². The van der Waals surface area contributed by atoms with Gasteiger partial charge in [0.1, 0.15) is 11.9 Å². The topological polar surface area (TPSA) is 74.6 Å². The predicted molar refractivity (Wildman–Crippen MR) is 55.2 cm³/mol. The SMILES string of the molecule is CCCCCC(C)C(=O)CP(=O)(O)O. The van der Waals surface area contributed by atoms with Crippen molar-refractivity contribution in [1.82, 2.24) is 0 Å². The van der Waals surface area contributed by atoms with Gasteiger partial charge in [-0.1, -0.05) is 33.1 Å². The highest BCUT2D eigenvalue weighted by atomic mass is 31.2. The van der Waals surface area contributed by atoms with Crippen molar-refractivity contribution in [3.8, 4) is 0 Å². The zero-order valence-electron chi connectivity index (χ0n) is 8.77. The maximum Gasteiger partial charge on any atom is 0.332 e. The van der Waals surface area contributed by atoms with Crippen LogP contribution in [0.2, 0.25) is 0 Å². The summed E-state index contributed by atoms with van der Waals surface area (Å²) in [6.45, 7) is 3.80. The van der Waals surface area contributed by atoms with Gasteiger partial charge in [-0.2, -0.15) is 0 Å². The van der Waals surface area contributed by atoms with E-state index in [9.17, 15) is 9.36 Å². The first-order chi connectivity index (χ1) is 6.37. The van der Waals surface area contributed by atoms with Gasteiger partial charge < -0.3 is 9.79 Å². The first kappa shape index (κ1) is 13.8. The minimum Gasteiger partial charge on any atom is -0.324 e. The van der Waals surface area contributed by atoms with Crippen LogP contribution < -0.4 is 0 Å². The summed E-state index contributed by atoms with van der Waals surface area (Å²) in [5.41, 5.74) is 0. The molecular formula is C9H19O4P. The predicted octanol–water partition coefficient (Wildman–Crippen LogP) is 1.95. The number of rotatable bonds is 7. The van der Waals surface area contributed by atoms with Crippen LogP contribution in [0.3, 0.4) is 0 Å². The fourth-order valence-electron chi connectivity index (χ4n) is 1.22. The van der Waals surface area contributed by atoms with E-state index in [1.165, 1.54) is 0 Å². The molecule has 2 N–H and O–H groups in total. The number of ketones is 1. The quantitative estimate of drug-likeness (QED) is 0.510. The van der Waals surface area contributed by atoms with E-state index in [-0.39, 0.29) is 11.7 Å². The zero-order valence-corrected chi connectivity index (χ0v) is 9.67. The van der Waals surface area contributed by atoms with Gasteiger partial charge in [-0.15, -0.1) is 0 Å². The van der Waals surface area contributed by atoms with Crippen molar-refractivity contribution in [2.45, 2.75) is 39.5 Å². The van der Waals surface area contributed by atoms with Gasteiger partial charge in [0, 0.05) is 5.92 Å². The molecule has 4 nitrogen and oxygen atoms in total. The molecule has 0 heterocycles. The van der Waals surface area contributed by atoms with Crippen LogP contribution in [-0.4, -0.2) is 21.7 Å². The van der Waals surface area contributed by atoms with Gasteiger partial charge in [-0.3, -0.25) is 9.36 Å². The Labute approximate surface area is 84.9 Å². The van der Waals surface area contributed by atoms with E-state index in [0.29, 0.717) is 0 Å². The summed E-state index contributed by atoms with van der Waals surface area (Å²) in [4.78, 5) is 28.5. The highest BCUT2D eigenvalue weighted by Gasteiger charge is 2.22. The average Bonchev–Trinajstić information content (AvgIpc) is 2.01. The highest BCUT2D eigenvalue weighted by Crippen LogP contribution is 2.35. The molecule has 1 unspecified atom stereocenters. The number of Topliss-reactive ketones (excluding diaryl/α,β-unsaturated/α-hetero) is 1. The van der Waals surface area contributed by atoms with Crippen molar-refractivity contribution in [2.75, 3.05) is 6.16 Å². The highest BCUT2D eigenvalue weighted by molar-refractivity contribution is 7.52. The largest absolute Gasteiger partial charge is 0.332 e. The van der Waals surface area contributed by atoms with Crippen LogP contribution in [-0.2, 0) is 9.36 Å². The van der Waals surface area contributed by atoms with E-state index in [1.54, 1.807) is 6.92 Å². The molecule has 0 bridgehead atoms. The second-order valence-corrected chi connectivity index (χ2v) is 5.33. The zero-order chi connectivity index (χ0) is 11.2. The van der Waals surface area contributed by atoms with Crippen molar-refractivity contribution < 1.29 is 19.1 Å². The van der Waals surface area contributed by atoms with Gasteiger partial charge in [0.2, 0.25) is 0 Å². The van der Waals surface area contributed by atoms with E-state index >= 15 is 0 Å². The van der Waals surface area contributed by atoms with Crippen molar-refractivity contribution in [2.24, 2.45) is 5.92 Å². The molecule has 0 aromatic carbocycles. The third kappa shape index (κ3) is 7.25. The van der Waals surface area contributed by atoms with Gasteiger partial charge in [-0.25, -0.2) is 0 Å². The van der Waals surface area contributed by atoms with Gasteiger partial charge in [0.25, 0.3) is 0 Å². The van der Waals surface area contributed by atoms with E-state index < -0.39 is 13.8 Å². The Morgan fingerprint density at radius 1 is 1.36 bits per heavy atom. The Balaban J connectivity index is 3.82. The monoisotopic (exact) mass is 222 g/mol. The molecule has 0 aromatic heterocycles. The molecule has 0 amide bonds. The third-order valence-electron chi connectivity index (χ3n) is 2.15. The van der Waals surface area contributed by atoms with E-state index in [0.717, 1.165) is 25.7 Å². The maximum atomic E-state index is 11.3. The second-order valence-electron chi connectivity index (χ2n) is 3.69. The smallest absolute Gasteiger partial charge is 0.324 e. The Bertz CT molecular complexity index is 221. The molecule has 0 fully saturated rings. The standard InChI is InChI=1S/C9H19O4P/c1-3-4-5-6-8(2)9(10)7-14(11,12)13/h8H,3-7H2,1-2H3,(H2,11,12,13). The molecule has 5 heteroatoms. The molecule has 84 valence electrons. The molecule has 0 aliphatic rings. The molecule has 0 rings (SSSR count). The van der Waals surface area contributed by atoms with Gasteiger partial charge in [-0.05, 0) is 6.42 Å². The van der Waals surface area contributed by atoms with Crippen LogP contribution in [0.15, 0.2) is 0 Å². The lowest BCUT2D eigenvalue weighted by molar-refractivity contribution is -0.120. The lowest BCUT2D eigenvalue weighted by atomic mass is 10.00. The summed E-state index contributed by atoms with van der Waals surface area (Å²) < 4.78 is 10.5. The molecule has 1 atom stereocenters. The summed E-state index contributed by atoms with van der Waals surface area (Å²) in [7, 11) is -4.16. The van der Waals surface area contributed by atoms with E-state index in [1.807, 2.05) is 0 Å². The van der Waals surface area contributed by atoms with Crippen LogP contribution in [0.4, 0.5) is 0 Å². The lowest BCUT2D eigenvalue weighted by Gasteiger charge is -2.10.